The van der Waals surface area contributed by atoms with Gasteiger partial charge in [0, 0.05) is 11.9 Å². The van der Waals surface area contributed by atoms with Gasteiger partial charge in [0.15, 0.2) is 5.82 Å². The van der Waals surface area contributed by atoms with Crippen molar-refractivity contribution in [2.45, 2.75) is 19.0 Å². The second kappa shape index (κ2) is 7.27. The highest BCUT2D eigenvalue weighted by Crippen LogP contribution is 2.18. The monoisotopic (exact) mass is 339 g/mol. The lowest BCUT2D eigenvalue weighted by Gasteiger charge is -2.06. The highest BCUT2D eigenvalue weighted by molar-refractivity contribution is 7.99. The van der Waals surface area contributed by atoms with E-state index in [0.717, 1.165) is 16.9 Å². The molecule has 3 aromatic rings. The summed E-state index contributed by atoms with van der Waals surface area (Å²) in [7, 11) is 0. The SMILES string of the molecule is Cc1ccc(NC(=O)CSc2n[nH]c(-c3ccccn3)n2)cc1C. The normalized spacial score (nSPS) is 10.6. The minimum Gasteiger partial charge on any atom is -0.325 e. The maximum atomic E-state index is 12.0. The van der Waals surface area contributed by atoms with Crippen LogP contribution in [-0.2, 0) is 4.79 Å². The van der Waals surface area contributed by atoms with E-state index in [1.165, 1.54) is 17.3 Å². The number of aromatic nitrogens is 4. The predicted octanol–water partition coefficient (Wildman–Crippen LogP) is 3.21. The molecule has 0 aliphatic heterocycles. The fourth-order valence-electron chi connectivity index (χ4n) is 2.07. The largest absolute Gasteiger partial charge is 0.325 e. The summed E-state index contributed by atoms with van der Waals surface area (Å²) in [5.41, 5.74) is 3.86. The summed E-state index contributed by atoms with van der Waals surface area (Å²) < 4.78 is 0. The molecule has 0 saturated heterocycles. The number of nitrogens with zero attached hydrogens (tertiary/aromatic N) is 3. The Balaban J connectivity index is 1.56. The van der Waals surface area contributed by atoms with Crippen LogP contribution < -0.4 is 5.32 Å². The first-order valence-electron chi connectivity index (χ1n) is 7.45. The van der Waals surface area contributed by atoms with Crippen molar-refractivity contribution in [1.29, 1.82) is 0 Å². The molecule has 1 amide bonds. The number of anilines is 1. The van der Waals surface area contributed by atoms with Gasteiger partial charge in [-0.1, -0.05) is 23.9 Å². The van der Waals surface area contributed by atoms with Gasteiger partial charge in [-0.2, -0.15) is 4.98 Å². The zero-order chi connectivity index (χ0) is 16.9. The predicted molar refractivity (Wildman–Crippen MR) is 94.9 cm³/mol. The molecule has 2 heterocycles. The van der Waals surface area contributed by atoms with Gasteiger partial charge < -0.3 is 5.32 Å². The summed E-state index contributed by atoms with van der Waals surface area (Å²) in [6, 6.07) is 11.4. The molecule has 122 valence electrons. The van der Waals surface area contributed by atoms with E-state index in [-0.39, 0.29) is 11.7 Å². The van der Waals surface area contributed by atoms with Gasteiger partial charge in [0.2, 0.25) is 11.1 Å². The molecule has 0 unspecified atom stereocenters. The third-order valence-corrected chi connectivity index (χ3v) is 4.34. The number of thioether (sulfide) groups is 1. The van der Waals surface area contributed by atoms with Gasteiger partial charge in [-0.25, -0.2) is 0 Å². The molecule has 0 aliphatic carbocycles. The summed E-state index contributed by atoms with van der Waals surface area (Å²) in [5, 5.41) is 10.3. The first-order chi connectivity index (χ1) is 11.6. The van der Waals surface area contributed by atoms with Crippen LogP contribution in [0.4, 0.5) is 5.69 Å². The van der Waals surface area contributed by atoms with Gasteiger partial charge in [0.1, 0.15) is 5.69 Å². The van der Waals surface area contributed by atoms with E-state index in [0.29, 0.717) is 11.0 Å². The van der Waals surface area contributed by atoms with Crippen LogP contribution >= 0.6 is 11.8 Å². The molecule has 3 rings (SSSR count). The number of pyridine rings is 1. The molecule has 0 bridgehead atoms. The lowest BCUT2D eigenvalue weighted by atomic mass is 10.1. The molecule has 0 fully saturated rings. The van der Waals surface area contributed by atoms with Crippen LogP contribution in [0.15, 0.2) is 47.8 Å². The highest BCUT2D eigenvalue weighted by atomic mass is 32.2. The van der Waals surface area contributed by atoms with Crippen molar-refractivity contribution in [1.82, 2.24) is 20.2 Å². The Morgan fingerprint density at radius 1 is 1.21 bits per heavy atom. The van der Waals surface area contributed by atoms with Crippen LogP contribution in [0.2, 0.25) is 0 Å². The summed E-state index contributed by atoms with van der Waals surface area (Å²) in [6.45, 7) is 4.06. The number of benzene rings is 1. The number of H-pyrrole nitrogens is 1. The number of amides is 1. The quantitative estimate of drug-likeness (QED) is 0.697. The molecule has 0 saturated carbocycles. The molecule has 6 nitrogen and oxygen atoms in total. The van der Waals surface area contributed by atoms with Crippen LogP contribution in [0.25, 0.3) is 11.5 Å². The first-order valence-corrected chi connectivity index (χ1v) is 8.44. The number of nitrogens with one attached hydrogen (secondary N) is 2. The van der Waals surface area contributed by atoms with Crippen molar-refractivity contribution in [3.63, 3.8) is 0 Å². The topological polar surface area (TPSA) is 83.6 Å². The van der Waals surface area contributed by atoms with Crippen LogP contribution in [0.5, 0.6) is 0 Å². The second-order valence-corrected chi connectivity index (χ2v) is 6.26. The Labute approximate surface area is 144 Å². The van der Waals surface area contributed by atoms with Crippen molar-refractivity contribution in [3.8, 4) is 11.5 Å². The number of aryl methyl sites for hydroxylation is 2. The molecule has 0 atom stereocenters. The minimum atomic E-state index is -0.0903. The zero-order valence-corrected chi connectivity index (χ0v) is 14.2. The van der Waals surface area contributed by atoms with Gasteiger partial charge in [-0.15, -0.1) is 5.10 Å². The molecule has 2 aromatic heterocycles. The molecule has 0 spiro atoms. The van der Waals surface area contributed by atoms with E-state index >= 15 is 0 Å². The van der Waals surface area contributed by atoms with Crippen molar-refractivity contribution < 1.29 is 4.79 Å². The van der Waals surface area contributed by atoms with Gasteiger partial charge >= 0.3 is 0 Å². The maximum Gasteiger partial charge on any atom is 0.234 e. The molecule has 2 N–H and O–H groups in total. The summed E-state index contributed by atoms with van der Waals surface area (Å²) >= 11 is 1.28. The van der Waals surface area contributed by atoms with E-state index in [1.807, 2.05) is 50.2 Å². The fourth-order valence-corrected chi connectivity index (χ4v) is 2.67. The Morgan fingerprint density at radius 2 is 2.08 bits per heavy atom. The summed E-state index contributed by atoms with van der Waals surface area (Å²) in [4.78, 5) is 20.6. The van der Waals surface area contributed by atoms with E-state index < -0.39 is 0 Å². The van der Waals surface area contributed by atoms with Gasteiger partial charge in [0.25, 0.3) is 0 Å². The number of carbonyl (C=O) groups excluding carboxylic acids is 1. The summed E-state index contributed by atoms with van der Waals surface area (Å²) in [5.74, 6) is 0.743. The van der Waals surface area contributed by atoms with E-state index in [2.05, 4.69) is 25.5 Å². The van der Waals surface area contributed by atoms with Gasteiger partial charge in [-0.05, 0) is 49.2 Å². The molecule has 24 heavy (non-hydrogen) atoms. The maximum absolute atomic E-state index is 12.0. The van der Waals surface area contributed by atoms with Gasteiger partial charge in [-0.3, -0.25) is 14.9 Å². The van der Waals surface area contributed by atoms with E-state index in [4.69, 9.17) is 0 Å². The second-order valence-electron chi connectivity index (χ2n) is 5.32. The Hall–Kier alpha value is -2.67. The minimum absolute atomic E-state index is 0.0903. The van der Waals surface area contributed by atoms with E-state index in [1.54, 1.807) is 6.20 Å². The average molecular weight is 339 g/mol. The van der Waals surface area contributed by atoms with E-state index in [9.17, 15) is 4.79 Å². The lowest BCUT2D eigenvalue weighted by molar-refractivity contribution is -0.113. The number of hydrogen-bond donors (Lipinski definition) is 2. The summed E-state index contributed by atoms with van der Waals surface area (Å²) in [6.07, 6.45) is 1.70. The Kier molecular flexibility index (Phi) is 4.90. The Bertz CT molecular complexity index is 847. The number of hydrogen-bond acceptors (Lipinski definition) is 5. The molecule has 0 aliphatic rings. The van der Waals surface area contributed by atoms with Crippen LogP contribution in [0.3, 0.4) is 0 Å². The number of rotatable bonds is 5. The average Bonchev–Trinajstić information content (AvgIpc) is 3.06. The third-order valence-electron chi connectivity index (χ3n) is 3.50. The zero-order valence-electron chi connectivity index (χ0n) is 13.4. The standard InChI is InChI=1S/C17H17N5OS/c1-11-6-7-13(9-12(11)2)19-15(23)10-24-17-20-16(21-22-17)14-5-3-4-8-18-14/h3-9H,10H2,1-2H3,(H,19,23)(H,20,21,22). The smallest absolute Gasteiger partial charge is 0.234 e. The van der Waals surface area contributed by atoms with Gasteiger partial charge in [0.05, 0.1) is 5.75 Å². The van der Waals surface area contributed by atoms with Crippen LogP contribution in [0.1, 0.15) is 11.1 Å². The molecule has 0 radical (unpaired) electrons. The third kappa shape index (κ3) is 3.99. The number of carbonyl (C=O) groups is 1. The molecule has 1 aromatic carbocycles. The molecular formula is C17H17N5OS. The van der Waals surface area contributed by atoms with Crippen LogP contribution in [-0.4, -0.2) is 31.8 Å². The molecular weight excluding hydrogens is 322 g/mol. The van der Waals surface area contributed by atoms with Crippen molar-refractivity contribution in [3.05, 3.63) is 53.7 Å². The Morgan fingerprint density at radius 3 is 2.83 bits per heavy atom. The lowest BCUT2D eigenvalue weighted by Crippen LogP contribution is -2.14. The fraction of sp³-hybridized carbons (Fsp3) is 0.176. The number of aromatic amines is 1. The highest BCUT2D eigenvalue weighted by Gasteiger charge is 2.10. The van der Waals surface area contributed by atoms with Crippen molar-refractivity contribution in [2.75, 3.05) is 11.1 Å². The first kappa shape index (κ1) is 16.2. The van der Waals surface area contributed by atoms with Crippen molar-refractivity contribution in [2.24, 2.45) is 0 Å². The van der Waals surface area contributed by atoms with Crippen molar-refractivity contribution >= 4 is 23.4 Å². The molecule has 7 heteroatoms. The van der Waals surface area contributed by atoms with Crippen LogP contribution in [0, 0.1) is 13.8 Å².